The molecule has 0 aliphatic rings. The van der Waals surface area contributed by atoms with Crippen LogP contribution in [0.4, 0.5) is 15.1 Å². The Bertz CT molecular complexity index is 720. The van der Waals surface area contributed by atoms with E-state index in [0.717, 1.165) is 11.3 Å². The Kier molecular flexibility index (Phi) is 4.40. The fraction of sp³-hybridized carbons (Fsp3) is 0.143. The molecular weight excluding hydrogens is 291 g/mol. The third-order valence-corrected chi connectivity index (χ3v) is 4.05. The van der Waals surface area contributed by atoms with E-state index in [2.05, 4.69) is 10.6 Å². The minimum absolute atomic E-state index is 0.137. The molecule has 2 rings (SSSR count). The number of anilines is 2. The van der Waals surface area contributed by atoms with Crippen molar-refractivity contribution in [1.82, 2.24) is 5.32 Å². The Hall–Kier alpha value is -2.59. The third kappa shape index (κ3) is 2.95. The van der Waals surface area contributed by atoms with Crippen molar-refractivity contribution in [2.75, 3.05) is 18.1 Å². The first-order valence-corrected chi connectivity index (χ1v) is 6.91. The molecule has 0 fully saturated rings. The van der Waals surface area contributed by atoms with Crippen LogP contribution in [0.2, 0.25) is 0 Å². The summed E-state index contributed by atoms with van der Waals surface area (Å²) in [5.74, 6) is -0.687. The van der Waals surface area contributed by atoms with Crippen molar-refractivity contribution in [3.63, 3.8) is 0 Å². The molecule has 0 bridgehead atoms. The minimum atomic E-state index is -0.354. The smallest absolute Gasteiger partial charge is 0.263 e. The predicted octanol–water partition coefficient (Wildman–Crippen LogP) is 2.31. The highest BCUT2D eigenvalue weighted by Gasteiger charge is 2.20. The van der Waals surface area contributed by atoms with Crippen LogP contribution >= 0.6 is 11.3 Å². The average molecular weight is 304 g/mol. The van der Waals surface area contributed by atoms with Gasteiger partial charge in [-0.2, -0.15) is 5.26 Å². The van der Waals surface area contributed by atoms with Crippen molar-refractivity contribution in [3.05, 3.63) is 46.1 Å². The van der Waals surface area contributed by atoms with Gasteiger partial charge in [-0.1, -0.05) is 18.2 Å². The molecule has 0 radical (unpaired) electrons. The molecule has 108 valence electrons. The quantitative estimate of drug-likeness (QED) is 0.808. The summed E-state index contributed by atoms with van der Waals surface area (Å²) < 4.78 is 13.6. The van der Waals surface area contributed by atoms with Gasteiger partial charge in [0, 0.05) is 19.2 Å². The molecule has 1 heterocycles. The summed E-state index contributed by atoms with van der Waals surface area (Å²) in [5.41, 5.74) is 6.61. The van der Waals surface area contributed by atoms with Crippen molar-refractivity contribution in [2.45, 2.75) is 6.54 Å². The monoisotopic (exact) mass is 304 g/mol. The highest BCUT2D eigenvalue weighted by atomic mass is 32.1. The van der Waals surface area contributed by atoms with Crippen molar-refractivity contribution >= 4 is 27.9 Å². The fourth-order valence-corrected chi connectivity index (χ4v) is 2.79. The fourth-order valence-electron chi connectivity index (χ4n) is 1.78. The van der Waals surface area contributed by atoms with E-state index in [1.165, 1.54) is 13.1 Å². The number of nitrogens with two attached hydrogens (primary N) is 1. The second-order valence-corrected chi connectivity index (χ2v) is 5.21. The van der Waals surface area contributed by atoms with E-state index in [9.17, 15) is 9.18 Å². The van der Waals surface area contributed by atoms with Crippen molar-refractivity contribution in [2.24, 2.45) is 0 Å². The van der Waals surface area contributed by atoms with Gasteiger partial charge in [0.1, 0.15) is 27.3 Å². The normalized spacial score (nSPS) is 9.95. The number of rotatable bonds is 4. The summed E-state index contributed by atoms with van der Waals surface area (Å²) in [7, 11) is 1.49. The highest BCUT2D eigenvalue weighted by Crippen LogP contribution is 2.35. The van der Waals surface area contributed by atoms with Gasteiger partial charge in [0.15, 0.2) is 0 Å². The number of hydrogen-bond donors (Lipinski definition) is 3. The van der Waals surface area contributed by atoms with E-state index in [4.69, 9.17) is 11.0 Å². The molecule has 1 aromatic heterocycles. The number of halogens is 1. The molecule has 2 aromatic rings. The number of nitrogen functional groups attached to an aromatic ring is 1. The van der Waals surface area contributed by atoms with Crippen LogP contribution in [-0.2, 0) is 6.54 Å². The average Bonchev–Trinajstić information content (AvgIpc) is 2.81. The van der Waals surface area contributed by atoms with Gasteiger partial charge in [-0.3, -0.25) is 4.79 Å². The SMILES string of the molecule is CNC(=O)c1sc(NCc2ccccc2F)c(C#N)c1N. The van der Waals surface area contributed by atoms with Crippen LogP contribution < -0.4 is 16.4 Å². The molecule has 0 aliphatic carbocycles. The number of hydrogen-bond acceptors (Lipinski definition) is 5. The van der Waals surface area contributed by atoms with Gasteiger partial charge in [-0.15, -0.1) is 11.3 Å². The molecule has 0 saturated heterocycles. The zero-order valence-corrected chi connectivity index (χ0v) is 12.1. The van der Waals surface area contributed by atoms with E-state index in [1.54, 1.807) is 18.2 Å². The Morgan fingerprint density at radius 2 is 2.19 bits per heavy atom. The number of nitriles is 1. The number of benzene rings is 1. The molecule has 4 N–H and O–H groups in total. The summed E-state index contributed by atoms with van der Waals surface area (Å²) >= 11 is 1.08. The molecule has 0 saturated carbocycles. The van der Waals surface area contributed by atoms with Crippen LogP contribution in [-0.4, -0.2) is 13.0 Å². The van der Waals surface area contributed by atoms with Crippen LogP contribution in [0.15, 0.2) is 24.3 Å². The molecular formula is C14H13FN4OS. The zero-order chi connectivity index (χ0) is 15.4. The first-order chi connectivity index (χ1) is 10.1. The van der Waals surface area contributed by atoms with Crippen LogP contribution in [0.1, 0.15) is 20.8 Å². The standard InChI is InChI=1S/C14H13FN4OS/c1-18-13(20)12-11(17)9(6-16)14(21-12)19-7-8-4-2-3-5-10(8)15/h2-5,19H,7,17H2,1H3,(H,18,20). The van der Waals surface area contributed by atoms with E-state index in [0.29, 0.717) is 10.6 Å². The maximum Gasteiger partial charge on any atom is 0.263 e. The number of thiophene rings is 1. The van der Waals surface area contributed by atoms with Crippen LogP contribution in [0.5, 0.6) is 0 Å². The van der Waals surface area contributed by atoms with E-state index in [1.807, 2.05) is 6.07 Å². The Labute approximate surface area is 125 Å². The van der Waals surface area contributed by atoms with Crippen LogP contribution in [0, 0.1) is 17.1 Å². The van der Waals surface area contributed by atoms with Crippen LogP contribution in [0.25, 0.3) is 0 Å². The molecule has 1 aromatic carbocycles. The number of carbonyl (C=O) groups excluding carboxylic acids is 1. The summed E-state index contributed by atoms with van der Waals surface area (Å²) in [6.45, 7) is 0.203. The van der Waals surface area contributed by atoms with Gasteiger partial charge in [0.25, 0.3) is 5.91 Å². The summed E-state index contributed by atoms with van der Waals surface area (Å²) in [6, 6.07) is 8.30. The lowest BCUT2D eigenvalue weighted by Gasteiger charge is -2.05. The lowest BCUT2D eigenvalue weighted by molar-refractivity contribution is 0.0968. The number of amides is 1. The van der Waals surface area contributed by atoms with Gasteiger partial charge < -0.3 is 16.4 Å². The Morgan fingerprint density at radius 1 is 1.48 bits per heavy atom. The molecule has 0 aliphatic heterocycles. The Morgan fingerprint density at radius 3 is 2.81 bits per heavy atom. The molecule has 0 unspecified atom stereocenters. The summed E-state index contributed by atoms with van der Waals surface area (Å²) in [5, 5.41) is 15.0. The molecule has 21 heavy (non-hydrogen) atoms. The first kappa shape index (κ1) is 14.8. The van der Waals surface area contributed by atoms with Gasteiger partial charge >= 0.3 is 0 Å². The van der Waals surface area contributed by atoms with Gasteiger partial charge in [0.05, 0.1) is 5.69 Å². The maximum absolute atomic E-state index is 13.6. The second-order valence-electron chi connectivity index (χ2n) is 4.18. The molecule has 1 amide bonds. The zero-order valence-electron chi connectivity index (χ0n) is 11.2. The first-order valence-electron chi connectivity index (χ1n) is 6.10. The van der Waals surface area contributed by atoms with E-state index >= 15 is 0 Å². The van der Waals surface area contributed by atoms with Crippen molar-refractivity contribution in [1.29, 1.82) is 5.26 Å². The summed E-state index contributed by atoms with van der Waals surface area (Å²) in [4.78, 5) is 11.9. The van der Waals surface area contributed by atoms with Crippen molar-refractivity contribution < 1.29 is 9.18 Å². The second kappa shape index (κ2) is 6.24. The third-order valence-electron chi connectivity index (χ3n) is 2.89. The molecule has 0 atom stereocenters. The lowest BCUT2D eigenvalue weighted by atomic mass is 10.2. The molecule has 7 heteroatoms. The number of nitrogens with one attached hydrogen (secondary N) is 2. The number of carbonyl (C=O) groups is 1. The summed E-state index contributed by atoms with van der Waals surface area (Å²) in [6.07, 6.45) is 0. The molecule has 0 spiro atoms. The Balaban J connectivity index is 2.27. The van der Waals surface area contributed by atoms with Crippen molar-refractivity contribution in [3.8, 4) is 6.07 Å². The topological polar surface area (TPSA) is 90.9 Å². The predicted molar refractivity (Wildman–Crippen MR) is 80.6 cm³/mol. The van der Waals surface area contributed by atoms with Gasteiger partial charge in [-0.05, 0) is 6.07 Å². The van der Waals surface area contributed by atoms with Gasteiger partial charge in [0.2, 0.25) is 0 Å². The van der Waals surface area contributed by atoms with Crippen LogP contribution in [0.3, 0.4) is 0 Å². The molecule has 5 nitrogen and oxygen atoms in total. The van der Waals surface area contributed by atoms with E-state index < -0.39 is 0 Å². The minimum Gasteiger partial charge on any atom is -0.396 e. The van der Waals surface area contributed by atoms with Gasteiger partial charge in [-0.25, -0.2) is 4.39 Å². The lowest BCUT2D eigenvalue weighted by Crippen LogP contribution is -2.17. The maximum atomic E-state index is 13.6. The number of nitrogens with zero attached hydrogens (tertiary/aromatic N) is 1. The highest BCUT2D eigenvalue weighted by molar-refractivity contribution is 7.18. The largest absolute Gasteiger partial charge is 0.396 e. The van der Waals surface area contributed by atoms with E-state index in [-0.39, 0.29) is 34.4 Å².